The summed E-state index contributed by atoms with van der Waals surface area (Å²) in [6, 6.07) is 8.77. The summed E-state index contributed by atoms with van der Waals surface area (Å²) in [5, 5.41) is 4.70. The van der Waals surface area contributed by atoms with Gasteiger partial charge in [-0.3, -0.25) is 4.79 Å². The third-order valence-corrected chi connectivity index (χ3v) is 3.85. The van der Waals surface area contributed by atoms with Crippen LogP contribution in [-0.2, 0) is 16.0 Å². The van der Waals surface area contributed by atoms with Crippen molar-refractivity contribution in [1.29, 1.82) is 0 Å². The Hall–Kier alpha value is -1.66. The summed E-state index contributed by atoms with van der Waals surface area (Å²) in [6.45, 7) is 0. The lowest BCUT2D eigenvalue weighted by Gasteiger charge is -2.07. The standard InChI is InChI=1S/C14H12BrNO3S/c1-19-14(18)9-5-10(15)7-11(6-9)16-13(17)8-12-3-2-4-20-12/h2-7H,8H2,1H3,(H,16,17). The molecule has 0 saturated heterocycles. The lowest BCUT2D eigenvalue weighted by molar-refractivity contribution is -0.115. The number of hydrogen-bond acceptors (Lipinski definition) is 4. The molecule has 2 aromatic rings. The Morgan fingerprint density at radius 3 is 2.80 bits per heavy atom. The fraction of sp³-hybridized carbons (Fsp3) is 0.143. The van der Waals surface area contributed by atoms with Gasteiger partial charge in [0.25, 0.3) is 0 Å². The smallest absolute Gasteiger partial charge is 0.337 e. The van der Waals surface area contributed by atoms with Gasteiger partial charge in [-0.25, -0.2) is 4.79 Å². The molecule has 0 spiro atoms. The summed E-state index contributed by atoms with van der Waals surface area (Å²) in [5.41, 5.74) is 0.939. The normalized spacial score (nSPS) is 10.1. The van der Waals surface area contributed by atoms with Crippen molar-refractivity contribution in [3.63, 3.8) is 0 Å². The van der Waals surface area contributed by atoms with Gasteiger partial charge in [-0.05, 0) is 29.6 Å². The van der Waals surface area contributed by atoms with Crippen LogP contribution in [0.2, 0.25) is 0 Å². The van der Waals surface area contributed by atoms with Gasteiger partial charge in [0.1, 0.15) is 0 Å². The van der Waals surface area contributed by atoms with Crippen molar-refractivity contribution in [3.05, 3.63) is 50.6 Å². The molecule has 1 heterocycles. The predicted molar refractivity (Wildman–Crippen MR) is 82.1 cm³/mol. The minimum absolute atomic E-state index is 0.124. The summed E-state index contributed by atoms with van der Waals surface area (Å²) in [6.07, 6.45) is 0.317. The number of amides is 1. The first-order valence-corrected chi connectivity index (χ1v) is 7.47. The minimum Gasteiger partial charge on any atom is -0.465 e. The maximum absolute atomic E-state index is 11.9. The van der Waals surface area contributed by atoms with Gasteiger partial charge < -0.3 is 10.1 Å². The second-order valence-electron chi connectivity index (χ2n) is 4.02. The predicted octanol–water partition coefficient (Wildman–Crippen LogP) is 3.48. The number of benzene rings is 1. The zero-order chi connectivity index (χ0) is 14.5. The van der Waals surface area contributed by atoms with Crippen LogP contribution in [-0.4, -0.2) is 19.0 Å². The first kappa shape index (κ1) is 14.7. The van der Waals surface area contributed by atoms with Crippen LogP contribution in [0.4, 0.5) is 5.69 Å². The molecule has 1 amide bonds. The van der Waals surface area contributed by atoms with Crippen LogP contribution in [0.5, 0.6) is 0 Å². The van der Waals surface area contributed by atoms with Gasteiger partial charge in [-0.15, -0.1) is 11.3 Å². The first-order chi connectivity index (χ1) is 9.58. The fourth-order valence-electron chi connectivity index (χ4n) is 1.67. The van der Waals surface area contributed by atoms with E-state index in [2.05, 4.69) is 26.0 Å². The first-order valence-electron chi connectivity index (χ1n) is 5.79. The lowest BCUT2D eigenvalue weighted by Crippen LogP contribution is -2.14. The summed E-state index contributed by atoms with van der Waals surface area (Å²) in [4.78, 5) is 24.4. The summed E-state index contributed by atoms with van der Waals surface area (Å²) in [5.74, 6) is -0.568. The number of methoxy groups -OCH3 is 1. The molecular formula is C14H12BrNO3S. The highest BCUT2D eigenvalue weighted by molar-refractivity contribution is 9.10. The van der Waals surface area contributed by atoms with Crippen LogP contribution in [0.3, 0.4) is 0 Å². The molecule has 0 aliphatic rings. The van der Waals surface area contributed by atoms with Gasteiger partial charge >= 0.3 is 5.97 Å². The Morgan fingerprint density at radius 2 is 2.15 bits per heavy atom. The molecule has 20 heavy (non-hydrogen) atoms. The van der Waals surface area contributed by atoms with E-state index in [0.29, 0.717) is 22.1 Å². The molecule has 0 fully saturated rings. The Balaban J connectivity index is 2.10. The topological polar surface area (TPSA) is 55.4 Å². The number of carbonyl (C=O) groups excluding carboxylic acids is 2. The van der Waals surface area contributed by atoms with Crippen LogP contribution in [0, 0.1) is 0 Å². The van der Waals surface area contributed by atoms with E-state index in [1.807, 2.05) is 17.5 Å². The van der Waals surface area contributed by atoms with E-state index >= 15 is 0 Å². The van der Waals surface area contributed by atoms with Crippen molar-refractivity contribution in [2.24, 2.45) is 0 Å². The number of anilines is 1. The van der Waals surface area contributed by atoms with Crippen molar-refractivity contribution in [1.82, 2.24) is 0 Å². The number of hydrogen-bond donors (Lipinski definition) is 1. The highest BCUT2D eigenvalue weighted by atomic mass is 79.9. The van der Waals surface area contributed by atoms with Crippen LogP contribution in [0.15, 0.2) is 40.2 Å². The zero-order valence-corrected chi connectivity index (χ0v) is 13.1. The van der Waals surface area contributed by atoms with Gasteiger partial charge in [-0.1, -0.05) is 22.0 Å². The molecule has 0 radical (unpaired) electrons. The van der Waals surface area contributed by atoms with Crippen molar-refractivity contribution in [3.8, 4) is 0 Å². The molecule has 0 unspecified atom stereocenters. The van der Waals surface area contributed by atoms with E-state index in [-0.39, 0.29) is 5.91 Å². The largest absolute Gasteiger partial charge is 0.465 e. The quantitative estimate of drug-likeness (QED) is 0.856. The highest BCUT2D eigenvalue weighted by Gasteiger charge is 2.10. The Labute approximate surface area is 128 Å². The summed E-state index contributed by atoms with van der Waals surface area (Å²) >= 11 is 4.84. The number of thiophene rings is 1. The zero-order valence-electron chi connectivity index (χ0n) is 10.7. The van der Waals surface area contributed by atoms with E-state index in [1.165, 1.54) is 18.4 Å². The Morgan fingerprint density at radius 1 is 1.35 bits per heavy atom. The maximum atomic E-state index is 11.9. The van der Waals surface area contributed by atoms with E-state index in [1.54, 1.807) is 18.2 Å². The minimum atomic E-state index is -0.444. The van der Waals surface area contributed by atoms with Gasteiger partial charge in [0.2, 0.25) is 5.91 Å². The van der Waals surface area contributed by atoms with Crippen molar-refractivity contribution >= 4 is 44.8 Å². The van der Waals surface area contributed by atoms with Crippen LogP contribution < -0.4 is 5.32 Å². The molecule has 0 saturated carbocycles. The van der Waals surface area contributed by atoms with E-state index < -0.39 is 5.97 Å². The SMILES string of the molecule is COC(=O)c1cc(Br)cc(NC(=O)Cc2cccs2)c1. The number of rotatable bonds is 4. The molecule has 1 aromatic heterocycles. The molecule has 0 aliphatic carbocycles. The molecule has 1 N–H and O–H groups in total. The summed E-state index contributed by atoms with van der Waals surface area (Å²) in [7, 11) is 1.32. The van der Waals surface area contributed by atoms with E-state index in [9.17, 15) is 9.59 Å². The summed E-state index contributed by atoms with van der Waals surface area (Å²) < 4.78 is 5.37. The number of esters is 1. The van der Waals surface area contributed by atoms with Crippen molar-refractivity contribution in [2.45, 2.75) is 6.42 Å². The van der Waals surface area contributed by atoms with Gasteiger partial charge in [0.15, 0.2) is 0 Å². The molecule has 0 bridgehead atoms. The number of carbonyl (C=O) groups is 2. The van der Waals surface area contributed by atoms with Crippen molar-refractivity contribution < 1.29 is 14.3 Å². The highest BCUT2D eigenvalue weighted by Crippen LogP contribution is 2.21. The Bertz CT molecular complexity index is 625. The van der Waals surface area contributed by atoms with Gasteiger partial charge in [0.05, 0.1) is 19.1 Å². The van der Waals surface area contributed by atoms with Gasteiger partial charge in [-0.2, -0.15) is 0 Å². The average Bonchev–Trinajstić information content (AvgIpc) is 2.89. The lowest BCUT2D eigenvalue weighted by atomic mass is 10.2. The molecule has 6 heteroatoms. The van der Waals surface area contributed by atoms with Crippen LogP contribution in [0.1, 0.15) is 15.2 Å². The van der Waals surface area contributed by atoms with Crippen LogP contribution >= 0.6 is 27.3 Å². The monoisotopic (exact) mass is 353 g/mol. The van der Waals surface area contributed by atoms with Crippen molar-refractivity contribution in [2.75, 3.05) is 12.4 Å². The molecule has 104 valence electrons. The number of nitrogens with one attached hydrogen (secondary N) is 1. The Kier molecular flexibility index (Phi) is 4.92. The number of ether oxygens (including phenoxy) is 1. The average molecular weight is 354 g/mol. The molecule has 1 aromatic carbocycles. The molecule has 0 atom stereocenters. The van der Waals surface area contributed by atoms with Crippen LogP contribution in [0.25, 0.3) is 0 Å². The second-order valence-corrected chi connectivity index (χ2v) is 5.97. The fourth-order valence-corrected chi connectivity index (χ4v) is 2.87. The van der Waals surface area contributed by atoms with E-state index in [4.69, 9.17) is 0 Å². The molecule has 4 nitrogen and oxygen atoms in total. The molecule has 2 rings (SSSR count). The second kappa shape index (κ2) is 6.67. The third kappa shape index (κ3) is 3.91. The van der Waals surface area contributed by atoms with Gasteiger partial charge in [0, 0.05) is 15.0 Å². The molecular weight excluding hydrogens is 342 g/mol. The third-order valence-electron chi connectivity index (χ3n) is 2.52. The maximum Gasteiger partial charge on any atom is 0.337 e. The van der Waals surface area contributed by atoms with E-state index in [0.717, 1.165) is 4.88 Å². The number of halogens is 1. The molecule has 0 aliphatic heterocycles.